The summed E-state index contributed by atoms with van der Waals surface area (Å²) in [5.74, 6) is 0. The van der Waals surface area contributed by atoms with Gasteiger partial charge in [-0.1, -0.05) is 73.4 Å². The van der Waals surface area contributed by atoms with Crippen LogP contribution in [0, 0.1) is 0 Å². The van der Waals surface area contributed by atoms with Gasteiger partial charge in [0.15, 0.2) is 0 Å². The Bertz CT molecular complexity index is 581. The molecule has 0 saturated heterocycles. The fourth-order valence-electron chi connectivity index (χ4n) is 2.47. The SMILES string of the molecule is CCNC(c1ccccc1CC)c1cccc(Cl)c1Cl. The Balaban J connectivity index is 2.53. The van der Waals surface area contributed by atoms with E-state index in [0.29, 0.717) is 10.0 Å². The second kappa shape index (κ2) is 7.12. The van der Waals surface area contributed by atoms with E-state index in [1.807, 2.05) is 18.2 Å². The van der Waals surface area contributed by atoms with Crippen molar-refractivity contribution in [3.05, 3.63) is 69.2 Å². The lowest BCUT2D eigenvalue weighted by molar-refractivity contribution is 0.626. The van der Waals surface area contributed by atoms with Crippen molar-refractivity contribution in [2.75, 3.05) is 6.54 Å². The molecular formula is C17H19Cl2N. The van der Waals surface area contributed by atoms with Crippen LogP contribution in [0.15, 0.2) is 42.5 Å². The lowest BCUT2D eigenvalue weighted by Gasteiger charge is -2.23. The van der Waals surface area contributed by atoms with Gasteiger partial charge in [0, 0.05) is 0 Å². The topological polar surface area (TPSA) is 12.0 Å². The number of aryl methyl sites for hydroxylation is 1. The minimum Gasteiger partial charge on any atom is -0.306 e. The van der Waals surface area contributed by atoms with Crippen LogP contribution in [-0.4, -0.2) is 6.54 Å². The molecule has 0 aliphatic carbocycles. The van der Waals surface area contributed by atoms with E-state index in [0.717, 1.165) is 18.5 Å². The van der Waals surface area contributed by atoms with Crippen LogP contribution in [0.1, 0.15) is 36.6 Å². The first-order chi connectivity index (χ1) is 9.69. The van der Waals surface area contributed by atoms with Crippen LogP contribution in [-0.2, 0) is 6.42 Å². The number of hydrogen-bond donors (Lipinski definition) is 1. The molecule has 2 aromatic carbocycles. The number of benzene rings is 2. The molecule has 0 spiro atoms. The van der Waals surface area contributed by atoms with Gasteiger partial charge in [0.05, 0.1) is 16.1 Å². The van der Waals surface area contributed by atoms with Crippen molar-refractivity contribution < 1.29 is 0 Å². The van der Waals surface area contributed by atoms with Gasteiger partial charge in [-0.05, 0) is 35.7 Å². The molecule has 0 bridgehead atoms. The van der Waals surface area contributed by atoms with Crippen molar-refractivity contribution in [3.8, 4) is 0 Å². The molecule has 2 aromatic rings. The van der Waals surface area contributed by atoms with E-state index >= 15 is 0 Å². The van der Waals surface area contributed by atoms with Gasteiger partial charge in [-0.3, -0.25) is 0 Å². The van der Waals surface area contributed by atoms with Crippen LogP contribution in [0.25, 0.3) is 0 Å². The van der Waals surface area contributed by atoms with E-state index in [2.05, 4.69) is 43.4 Å². The summed E-state index contributed by atoms with van der Waals surface area (Å²) >= 11 is 12.6. The third-order valence-electron chi connectivity index (χ3n) is 3.45. The normalized spacial score (nSPS) is 12.4. The van der Waals surface area contributed by atoms with Gasteiger partial charge >= 0.3 is 0 Å². The zero-order chi connectivity index (χ0) is 14.5. The molecule has 0 saturated carbocycles. The summed E-state index contributed by atoms with van der Waals surface area (Å²) in [6.45, 7) is 5.13. The van der Waals surface area contributed by atoms with Gasteiger partial charge in [0.1, 0.15) is 0 Å². The molecule has 3 heteroatoms. The molecule has 2 rings (SSSR count). The Hall–Kier alpha value is -1.02. The first kappa shape index (κ1) is 15.4. The molecule has 106 valence electrons. The van der Waals surface area contributed by atoms with E-state index in [1.54, 1.807) is 0 Å². The zero-order valence-electron chi connectivity index (χ0n) is 11.8. The minimum atomic E-state index is 0.0716. The molecule has 1 unspecified atom stereocenters. The smallest absolute Gasteiger partial charge is 0.0643 e. The predicted octanol–water partition coefficient (Wildman–Crippen LogP) is 5.25. The van der Waals surface area contributed by atoms with Crippen LogP contribution in [0.5, 0.6) is 0 Å². The minimum absolute atomic E-state index is 0.0716. The molecule has 0 aliphatic heterocycles. The van der Waals surface area contributed by atoms with Gasteiger partial charge in [-0.25, -0.2) is 0 Å². The van der Waals surface area contributed by atoms with Crippen molar-refractivity contribution in [3.63, 3.8) is 0 Å². The van der Waals surface area contributed by atoms with E-state index in [-0.39, 0.29) is 6.04 Å². The maximum atomic E-state index is 6.40. The first-order valence-corrected chi connectivity index (χ1v) is 7.69. The first-order valence-electron chi connectivity index (χ1n) is 6.94. The monoisotopic (exact) mass is 307 g/mol. The maximum Gasteiger partial charge on any atom is 0.0643 e. The van der Waals surface area contributed by atoms with E-state index in [4.69, 9.17) is 23.2 Å². The number of halogens is 2. The highest BCUT2D eigenvalue weighted by Gasteiger charge is 2.19. The Morgan fingerprint density at radius 2 is 1.65 bits per heavy atom. The van der Waals surface area contributed by atoms with Crippen LogP contribution in [0.2, 0.25) is 10.0 Å². The zero-order valence-corrected chi connectivity index (χ0v) is 13.3. The van der Waals surface area contributed by atoms with Crippen LogP contribution < -0.4 is 5.32 Å². The van der Waals surface area contributed by atoms with E-state index in [1.165, 1.54) is 11.1 Å². The molecule has 0 radical (unpaired) electrons. The molecule has 1 N–H and O–H groups in total. The van der Waals surface area contributed by atoms with Crippen molar-refractivity contribution in [2.24, 2.45) is 0 Å². The Labute approximate surface area is 130 Å². The molecule has 1 atom stereocenters. The average Bonchev–Trinajstić information content (AvgIpc) is 2.48. The summed E-state index contributed by atoms with van der Waals surface area (Å²) in [6, 6.07) is 14.3. The molecule has 0 aliphatic rings. The Kier molecular flexibility index (Phi) is 5.47. The second-order valence-corrected chi connectivity index (χ2v) is 5.47. The van der Waals surface area contributed by atoms with Crippen LogP contribution in [0.4, 0.5) is 0 Å². The fraction of sp³-hybridized carbons (Fsp3) is 0.294. The summed E-state index contributed by atoms with van der Waals surface area (Å²) in [5.41, 5.74) is 3.62. The Morgan fingerprint density at radius 3 is 2.35 bits per heavy atom. The maximum absolute atomic E-state index is 6.40. The van der Waals surface area contributed by atoms with Crippen LogP contribution in [0.3, 0.4) is 0 Å². The number of nitrogens with one attached hydrogen (secondary N) is 1. The highest BCUT2D eigenvalue weighted by molar-refractivity contribution is 6.42. The van der Waals surface area contributed by atoms with Crippen molar-refractivity contribution in [1.29, 1.82) is 0 Å². The molecule has 0 heterocycles. The van der Waals surface area contributed by atoms with Gasteiger partial charge < -0.3 is 5.32 Å². The van der Waals surface area contributed by atoms with Crippen molar-refractivity contribution in [2.45, 2.75) is 26.3 Å². The summed E-state index contributed by atoms with van der Waals surface area (Å²) in [6.07, 6.45) is 0.996. The highest BCUT2D eigenvalue weighted by atomic mass is 35.5. The van der Waals surface area contributed by atoms with Gasteiger partial charge in [0.2, 0.25) is 0 Å². The summed E-state index contributed by atoms with van der Waals surface area (Å²) < 4.78 is 0. The van der Waals surface area contributed by atoms with Crippen molar-refractivity contribution >= 4 is 23.2 Å². The number of rotatable bonds is 5. The largest absolute Gasteiger partial charge is 0.306 e. The highest BCUT2D eigenvalue weighted by Crippen LogP contribution is 2.34. The average molecular weight is 308 g/mol. The molecule has 1 nitrogen and oxygen atoms in total. The van der Waals surface area contributed by atoms with E-state index in [9.17, 15) is 0 Å². The van der Waals surface area contributed by atoms with Gasteiger partial charge in [-0.2, -0.15) is 0 Å². The second-order valence-electron chi connectivity index (χ2n) is 4.69. The molecule has 20 heavy (non-hydrogen) atoms. The Morgan fingerprint density at radius 1 is 0.950 bits per heavy atom. The summed E-state index contributed by atoms with van der Waals surface area (Å²) in [5, 5.41) is 4.74. The lowest BCUT2D eigenvalue weighted by atomic mass is 9.93. The third-order valence-corrected chi connectivity index (χ3v) is 4.28. The molecular weight excluding hydrogens is 289 g/mol. The van der Waals surface area contributed by atoms with Crippen molar-refractivity contribution in [1.82, 2.24) is 5.32 Å². The van der Waals surface area contributed by atoms with E-state index < -0.39 is 0 Å². The fourth-order valence-corrected chi connectivity index (χ4v) is 2.89. The third kappa shape index (κ3) is 3.17. The summed E-state index contributed by atoms with van der Waals surface area (Å²) in [4.78, 5) is 0. The quantitative estimate of drug-likeness (QED) is 0.795. The molecule has 0 amide bonds. The van der Waals surface area contributed by atoms with Gasteiger partial charge in [-0.15, -0.1) is 0 Å². The standard InChI is InChI=1S/C17H19Cl2N/c1-3-12-8-5-6-9-13(12)17(20-4-2)14-10-7-11-15(18)16(14)19/h5-11,17,20H,3-4H2,1-2H3. The lowest BCUT2D eigenvalue weighted by Crippen LogP contribution is -2.23. The molecule has 0 fully saturated rings. The predicted molar refractivity (Wildman–Crippen MR) is 87.8 cm³/mol. The number of hydrogen-bond acceptors (Lipinski definition) is 1. The van der Waals surface area contributed by atoms with Crippen LogP contribution >= 0.6 is 23.2 Å². The summed E-state index contributed by atoms with van der Waals surface area (Å²) in [7, 11) is 0. The molecule has 0 aromatic heterocycles. The van der Waals surface area contributed by atoms with Gasteiger partial charge in [0.25, 0.3) is 0 Å².